The third kappa shape index (κ3) is 3.91. The van der Waals surface area contributed by atoms with Gasteiger partial charge in [0.15, 0.2) is 5.58 Å². The van der Waals surface area contributed by atoms with Crippen LogP contribution in [0.1, 0.15) is 15.9 Å². The van der Waals surface area contributed by atoms with Gasteiger partial charge in [0.05, 0.1) is 5.56 Å². The van der Waals surface area contributed by atoms with Crippen LogP contribution in [0.5, 0.6) is 0 Å². The van der Waals surface area contributed by atoms with Crippen LogP contribution in [0.3, 0.4) is 0 Å². The first-order valence-electron chi connectivity index (χ1n) is 8.23. The molecule has 134 valence electrons. The van der Waals surface area contributed by atoms with E-state index in [2.05, 4.69) is 48.8 Å². The van der Waals surface area contributed by atoms with E-state index in [9.17, 15) is 4.79 Å². The number of rotatable bonds is 3. The van der Waals surface area contributed by atoms with Gasteiger partial charge in [-0.25, -0.2) is 4.98 Å². The zero-order valence-corrected chi connectivity index (χ0v) is 18.0. The third-order valence-electron chi connectivity index (χ3n) is 4.08. The highest BCUT2D eigenvalue weighted by Crippen LogP contribution is 2.27. The van der Waals surface area contributed by atoms with Crippen molar-refractivity contribution >= 4 is 61.2 Å². The monoisotopic (exact) mass is 532 g/mol. The van der Waals surface area contributed by atoms with Gasteiger partial charge in [0.25, 0.3) is 5.91 Å². The molecule has 0 unspecified atom stereocenters. The molecular formula is C21H14BrIN2O2. The predicted octanol–water partition coefficient (Wildman–Crippen LogP) is 6.42. The van der Waals surface area contributed by atoms with E-state index >= 15 is 0 Å². The van der Waals surface area contributed by atoms with E-state index in [1.54, 1.807) is 0 Å². The summed E-state index contributed by atoms with van der Waals surface area (Å²) >= 11 is 5.56. The van der Waals surface area contributed by atoms with Gasteiger partial charge in [0.1, 0.15) is 5.52 Å². The van der Waals surface area contributed by atoms with Gasteiger partial charge in [-0.2, -0.15) is 0 Å². The fourth-order valence-electron chi connectivity index (χ4n) is 2.76. The van der Waals surface area contributed by atoms with Crippen molar-refractivity contribution in [3.8, 4) is 11.5 Å². The van der Waals surface area contributed by atoms with E-state index in [1.807, 2.05) is 67.6 Å². The molecule has 4 rings (SSSR count). The Balaban J connectivity index is 1.63. The maximum absolute atomic E-state index is 12.6. The van der Waals surface area contributed by atoms with E-state index in [4.69, 9.17) is 4.42 Å². The molecule has 0 bridgehead atoms. The fraction of sp³-hybridized carbons (Fsp3) is 0.0476. The molecular weight excluding hydrogens is 519 g/mol. The lowest BCUT2D eigenvalue weighted by Gasteiger charge is -2.08. The number of oxazole rings is 1. The van der Waals surface area contributed by atoms with E-state index in [-0.39, 0.29) is 5.91 Å². The molecule has 1 heterocycles. The van der Waals surface area contributed by atoms with Gasteiger partial charge in [-0.1, -0.05) is 28.1 Å². The average molecular weight is 533 g/mol. The first kappa shape index (κ1) is 18.2. The van der Waals surface area contributed by atoms with Gasteiger partial charge < -0.3 is 9.73 Å². The number of hydrogen-bond donors (Lipinski definition) is 1. The van der Waals surface area contributed by atoms with Crippen molar-refractivity contribution in [2.75, 3.05) is 5.32 Å². The van der Waals surface area contributed by atoms with Gasteiger partial charge in [-0.15, -0.1) is 0 Å². The Hall–Kier alpha value is -2.19. The minimum atomic E-state index is -0.161. The molecule has 0 aliphatic carbocycles. The van der Waals surface area contributed by atoms with Crippen LogP contribution < -0.4 is 5.32 Å². The van der Waals surface area contributed by atoms with E-state index < -0.39 is 0 Å². The Labute approximate surface area is 178 Å². The molecule has 4 nitrogen and oxygen atoms in total. The summed E-state index contributed by atoms with van der Waals surface area (Å²) in [6.45, 7) is 2.01. The Morgan fingerprint density at radius 3 is 2.81 bits per heavy atom. The van der Waals surface area contributed by atoms with Crippen LogP contribution in [0.4, 0.5) is 5.69 Å². The zero-order chi connectivity index (χ0) is 19.0. The number of hydrogen-bond acceptors (Lipinski definition) is 3. The molecule has 0 saturated heterocycles. The quantitative estimate of drug-likeness (QED) is 0.310. The number of anilines is 1. The Kier molecular flexibility index (Phi) is 5.01. The molecule has 4 aromatic rings. The molecule has 0 aliphatic rings. The van der Waals surface area contributed by atoms with Gasteiger partial charge in [-0.05, 0) is 83.6 Å². The van der Waals surface area contributed by atoms with Crippen molar-refractivity contribution in [3.05, 3.63) is 79.8 Å². The maximum Gasteiger partial charge on any atom is 0.256 e. The highest BCUT2D eigenvalue weighted by Gasteiger charge is 2.13. The third-order valence-corrected chi connectivity index (χ3v) is 5.52. The van der Waals surface area contributed by atoms with Crippen LogP contribution >= 0.6 is 38.5 Å². The molecule has 0 saturated carbocycles. The van der Waals surface area contributed by atoms with Crippen LogP contribution in [-0.2, 0) is 0 Å². The number of benzene rings is 3. The SMILES string of the molecule is Cc1ccc2nc(-c3cccc(NC(=O)c4cc(Br)ccc4I)c3)oc2c1. The van der Waals surface area contributed by atoms with E-state index in [0.717, 1.165) is 30.3 Å². The van der Waals surface area contributed by atoms with Crippen molar-refractivity contribution in [3.63, 3.8) is 0 Å². The number of aryl methyl sites for hydroxylation is 1. The van der Waals surface area contributed by atoms with Crippen molar-refractivity contribution in [1.29, 1.82) is 0 Å². The summed E-state index contributed by atoms with van der Waals surface area (Å²) in [7, 11) is 0. The number of nitrogens with zero attached hydrogens (tertiary/aromatic N) is 1. The molecule has 0 spiro atoms. The Bertz CT molecular complexity index is 1170. The summed E-state index contributed by atoms with van der Waals surface area (Å²) in [6, 6.07) is 19.0. The summed E-state index contributed by atoms with van der Waals surface area (Å²) in [5.41, 5.74) is 4.80. The standard InChI is InChI=1S/C21H14BrIN2O2/c1-12-5-8-18-19(9-12)27-21(25-18)13-3-2-4-15(10-13)24-20(26)16-11-14(22)6-7-17(16)23/h2-11H,1H3,(H,24,26). The van der Waals surface area contributed by atoms with Gasteiger partial charge in [0, 0.05) is 19.3 Å². The molecule has 0 atom stereocenters. The minimum absolute atomic E-state index is 0.161. The number of carbonyl (C=O) groups is 1. The Morgan fingerprint density at radius 1 is 1.11 bits per heavy atom. The number of fused-ring (bicyclic) bond motifs is 1. The van der Waals surface area contributed by atoms with Crippen LogP contribution in [0.25, 0.3) is 22.6 Å². The highest BCUT2D eigenvalue weighted by atomic mass is 127. The lowest BCUT2D eigenvalue weighted by Crippen LogP contribution is -2.13. The molecule has 0 fully saturated rings. The molecule has 27 heavy (non-hydrogen) atoms. The van der Waals surface area contributed by atoms with Gasteiger partial charge in [-0.3, -0.25) is 4.79 Å². The number of aromatic nitrogens is 1. The summed E-state index contributed by atoms with van der Waals surface area (Å²) in [5, 5.41) is 2.95. The summed E-state index contributed by atoms with van der Waals surface area (Å²) in [4.78, 5) is 17.2. The van der Waals surface area contributed by atoms with Crippen LogP contribution in [0.2, 0.25) is 0 Å². The van der Waals surface area contributed by atoms with Crippen molar-refractivity contribution in [2.24, 2.45) is 0 Å². The molecule has 3 aromatic carbocycles. The summed E-state index contributed by atoms with van der Waals surface area (Å²) in [6.07, 6.45) is 0. The van der Waals surface area contributed by atoms with Crippen LogP contribution in [0.15, 0.2) is 69.6 Å². The fourth-order valence-corrected chi connectivity index (χ4v) is 3.70. The van der Waals surface area contributed by atoms with Crippen LogP contribution in [0, 0.1) is 10.5 Å². The van der Waals surface area contributed by atoms with E-state index in [1.165, 1.54) is 0 Å². The Morgan fingerprint density at radius 2 is 1.96 bits per heavy atom. The molecule has 1 aromatic heterocycles. The van der Waals surface area contributed by atoms with Gasteiger partial charge in [0.2, 0.25) is 5.89 Å². The second kappa shape index (κ2) is 7.44. The maximum atomic E-state index is 12.6. The predicted molar refractivity (Wildman–Crippen MR) is 119 cm³/mol. The molecule has 6 heteroatoms. The molecule has 1 amide bonds. The highest BCUT2D eigenvalue weighted by molar-refractivity contribution is 14.1. The minimum Gasteiger partial charge on any atom is -0.436 e. The number of carbonyl (C=O) groups excluding carboxylic acids is 1. The molecule has 0 aliphatic heterocycles. The van der Waals surface area contributed by atoms with Gasteiger partial charge >= 0.3 is 0 Å². The summed E-state index contributed by atoms with van der Waals surface area (Å²) < 4.78 is 7.64. The summed E-state index contributed by atoms with van der Waals surface area (Å²) in [5.74, 6) is 0.370. The normalized spacial score (nSPS) is 10.9. The smallest absolute Gasteiger partial charge is 0.256 e. The van der Waals surface area contributed by atoms with Crippen molar-refractivity contribution in [2.45, 2.75) is 6.92 Å². The first-order valence-corrected chi connectivity index (χ1v) is 10.1. The van der Waals surface area contributed by atoms with E-state index in [0.29, 0.717) is 17.1 Å². The topological polar surface area (TPSA) is 55.1 Å². The largest absolute Gasteiger partial charge is 0.436 e. The van der Waals surface area contributed by atoms with Crippen molar-refractivity contribution < 1.29 is 9.21 Å². The number of nitrogens with one attached hydrogen (secondary N) is 1. The van der Waals surface area contributed by atoms with Crippen LogP contribution in [-0.4, -0.2) is 10.9 Å². The second-order valence-corrected chi connectivity index (χ2v) is 8.23. The number of halogens is 2. The lowest BCUT2D eigenvalue weighted by atomic mass is 10.1. The van der Waals surface area contributed by atoms with Crippen molar-refractivity contribution in [1.82, 2.24) is 4.98 Å². The lowest BCUT2D eigenvalue weighted by molar-refractivity contribution is 0.102. The molecule has 1 N–H and O–H groups in total. The zero-order valence-electron chi connectivity index (χ0n) is 14.3. The molecule has 0 radical (unpaired) electrons. The second-order valence-electron chi connectivity index (χ2n) is 6.15. The number of amides is 1. The average Bonchev–Trinajstić information content (AvgIpc) is 3.07. The first-order chi connectivity index (χ1) is 13.0.